The molecular formula is C24H23BrO. The van der Waals surface area contributed by atoms with Gasteiger partial charge in [-0.1, -0.05) is 76.6 Å². The molecule has 0 saturated heterocycles. The number of rotatable bonds is 4. The summed E-state index contributed by atoms with van der Waals surface area (Å²) in [5, 5.41) is 0. The Balaban J connectivity index is 1.75. The lowest BCUT2D eigenvalue weighted by Gasteiger charge is -2.21. The van der Waals surface area contributed by atoms with Gasteiger partial charge in [-0.15, -0.1) is 0 Å². The highest BCUT2D eigenvalue weighted by Crippen LogP contribution is 2.26. The molecule has 3 aromatic carbocycles. The lowest BCUT2D eigenvalue weighted by Crippen LogP contribution is -2.22. The third-order valence-corrected chi connectivity index (χ3v) is 4.37. The van der Waals surface area contributed by atoms with Crippen LogP contribution in [0.3, 0.4) is 0 Å². The molecule has 0 aliphatic heterocycles. The van der Waals surface area contributed by atoms with Crippen LogP contribution in [0, 0.1) is 0 Å². The van der Waals surface area contributed by atoms with Crippen LogP contribution in [-0.4, -0.2) is 5.60 Å². The molecule has 0 radical (unpaired) electrons. The van der Waals surface area contributed by atoms with Crippen molar-refractivity contribution in [3.8, 4) is 16.9 Å². The first-order valence-electron chi connectivity index (χ1n) is 8.72. The van der Waals surface area contributed by atoms with Gasteiger partial charge in [0.2, 0.25) is 0 Å². The number of hydrogen-bond donors (Lipinski definition) is 0. The Morgan fingerprint density at radius 3 is 1.88 bits per heavy atom. The van der Waals surface area contributed by atoms with Gasteiger partial charge in [0.15, 0.2) is 0 Å². The van der Waals surface area contributed by atoms with Crippen molar-refractivity contribution in [3.63, 3.8) is 0 Å². The van der Waals surface area contributed by atoms with Gasteiger partial charge >= 0.3 is 0 Å². The molecule has 0 amide bonds. The standard InChI is InChI=1S/C24H23BrO/c1-24(2,3)26-23-6-4-5-21(17-23)20-13-9-18(10-14-20)7-8-19-11-15-22(25)16-12-19/h4-17H,1-3H3/b8-7+. The molecule has 0 bridgehead atoms. The van der Waals surface area contributed by atoms with Crippen LogP contribution in [0.2, 0.25) is 0 Å². The highest BCUT2D eigenvalue weighted by Gasteiger charge is 2.12. The van der Waals surface area contributed by atoms with E-state index in [0.717, 1.165) is 15.8 Å². The zero-order valence-electron chi connectivity index (χ0n) is 15.4. The molecule has 0 heterocycles. The average molecular weight is 407 g/mol. The van der Waals surface area contributed by atoms with Crippen LogP contribution in [0.15, 0.2) is 77.3 Å². The minimum Gasteiger partial charge on any atom is -0.488 e. The predicted octanol–water partition coefficient (Wildman–Crippen LogP) is 7.46. The molecule has 0 aliphatic carbocycles. The Bertz CT molecular complexity index is 885. The molecule has 0 unspecified atom stereocenters. The molecule has 0 spiro atoms. The molecule has 3 rings (SSSR count). The molecule has 26 heavy (non-hydrogen) atoms. The van der Waals surface area contributed by atoms with Gasteiger partial charge in [-0.3, -0.25) is 0 Å². The van der Waals surface area contributed by atoms with Crippen molar-refractivity contribution in [2.45, 2.75) is 26.4 Å². The molecule has 0 fully saturated rings. The Labute approximate surface area is 164 Å². The summed E-state index contributed by atoms with van der Waals surface area (Å²) in [6.45, 7) is 6.19. The average Bonchev–Trinajstić information content (AvgIpc) is 2.60. The van der Waals surface area contributed by atoms with Crippen LogP contribution in [0.4, 0.5) is 0 Å². The predicted molar refractivity (Wildman–Crippen MR) is 115 cm³/mol. The fourth-order valence-electron chi connectivity index (χ4n) is 2.65. The zero-order valence-corrected chi connectivity index (χ0v) is 17.0. The van der Waals surface area contributed by atoms with Crippen LogP contribution in [0.25, 0.3) is 23.3 Å². The quantitative estimate of drug-likeness (QED) is 0.408. The smallest absolute Gasteiger partial charge is 0.120 e. The monoisotopic (exact) mass is 406 g/mol. The van der Waals surface area contributed by atoms with Crippen molar-refractivity contribution >= 4 is 28.1 Å². The molecule has 0 atom stereocenters. The molecule has 3 aromatic rings. The second-order valence-corrected chi connectivity index (χ2v) is 8.16. The Morgan fingerprint density at radius 1 is 0.731 bits per heavy atom. The fourth-order valence-corrected chi connectivity index (χ4v) is 2.91. The largest absolute Gasteiger partial charge is 0.488 e. The summed E-state index contributed by atoms with van der Waals surface area (Å²) in [4.78, 5) is 0. The maximum absolute atomic E-state index is 5.97. The second kappa shape index (κ2) is 7.92. The minimum absolute atomic E-state index is 0.194. The summed E-state index contributed by atoms with van der Waals surface area (Å²) < 4.78 is 7.06. The van der Waals surface area contributed by atoms with Crippen molar-refractivity contribution in [3.05, 3.63) is 88.4 Å². The zero-order chi connectivity index (χ0) is 18.6. The molecule has 0 N–H and O–H groups in total. The molecule has 0 aliphatic rings. The van der Waals surface area contributed by atoms with Crippen molar-refractivity contribution in [1.82, 2.24) is 0 Å². The van der Waals surface area contributed by atoms with Crippen molar-refractivity contribution in [2.24, 2.45) is 0 Å². The van der Waals surface area contributed by atoms with E-state index in [9.17, 15) is 0 Å². The van der Waals surface area contributed by atoms with E-state index < -0.39 is 0 Å². The van der Waals surface area contributed by atoms with Crippen LogP contribution >= 0.6 is 15.9 Å². The summed E-state index contributed by atoms with van der Waals surface area (Å²) in [5.74, 6) is 0.897. The van der Waals surface area contributed by atoms with Crippen molar-refractivity contribution in [1.29, 1.82) is 0 Å². The van der Waals surface area contributed by atoms with E-state index in [4.69, 9.17) is 4.74 Å². The first-order valence-corrected chi connectivity index (χ1v) is 9.52. The Morgan fingerprint density at radius 2 is 1.31 bits per heavy atom. The topological polar surface area (TPSA) is 9.23 Å². The van der Waals surface area contributed by atoms with E-state index in [1.54, 1.807) is 0 Å². The summed E-state index contributed by atoms with van der Waals surface area (Å²) in [7, 11) is 0. The summed E-state index contributed by atoms with van der Waals surface area (Å²) >= 11 is 3.46. The number of benzene rings is 3. The van der Waals surface area contributed by atoms with E-state index in [2.05, 4.69) is 110 Å². The van der Waals surface area contributed by atoms with Crippen molar-refractivity contribution < 1.29 is 4.74 Å². The molecule has 0 aromatic heterocycles. The molecule has 2 heteroatoms. The number of halogens is 1. The molecule has 1 nitrogen and oxygen atoms in total. The SMILES string of the molecule is CC(C)(C)Oc1cccc(-c2ccc(/C=C/c3ccc(Br)cc3)cc2)c1. The van der Waals surface area contributed by atoms with E-state index in [-0.39, 0.29) is 5.60 Å². The minimum atomic E-state index is -0.194. The summed E-state index contributed by atoms with van der Waals surface area (Å²) in [5.41, 5.74) is 4.52. The second-order valence-electron chi connectivity index (χ2n) is 7.25. The summed E-state index contributed by atoms with van der Waals surface area (Å²) in [6, 6.07) is 25.1. The van der Waals surface area contributed by atoms with Gasteiger partial charge in [0.1, 0.15) is 11.4 Å². The van der Waals surface area contributed by atoms with Gasteiger partial charge in [0.05, 0.1) is 0 Å². The number of hydrogen-bond acceptors (Lipinski definition) is 1. The Kier molecular flexibility index (Phi) is 5.63. The molecule has 0 saturated carbocycles. The van der Waals surface area contributed by atoms with Crippen LogP contribution in [-0.2, 0) is 0 Å². The van der Waals surface area contributed by atoms with Gasteiger partial charge < -0.3 is 4.74 Å². The normalized spacial score (nSPS) is 11.7. The van der Waals surface area contributed by atoms with Gasteiger partial charge in [-0.05, 0) is 67.3 Å². The highest BCUT2D eigenvalue weighted by molar-refractivity contribution is 9.10. The van der Waals surface area contributed by atoms with Crippen molar-refractivity contribution in [2.75, 3.05) is 0 Å². The van der Waals surface area contributed by atoms with E-state index >= 15 is 0 Å². The fraction of sp³-hybridized carbons (Fsp3) is 0.167. The van der Waals surface area contributed by atoms with Crippen LogP contribution in [0.1, 0.15) is 31.9 Å². The van der Waals surface area contributed by atoms with E-state index in [0.29, 0.717) is 0 Å². The summed E-state index contributed by atoms with van der Waals surface area (Å²) in [6.07, 6.45) is 4.26. The van der Waals surface area contributed by atoms with E-state index in [1.165, 1.54) is 16.7 Å². The highest BCUT2D eigenvalue weighted by atomic mass is 79.9. The first-order chi connectivity index (χ1) is 12.4. The van der Waals surface area contributed by atoms with Gasteiger partial charge in [0, 0.05) is 4.47 Å². The van der Waals surface area contributed by atoms with Gasteiger partial charge in [0.25, 0.3) is 0 Å². The van der Waals surface area contributed by atoms with Gasteiger partial charge in [-0.25, -0.2) is 0 Å². The van der Waals surface area contributed by atoms with Crippen LogP contribution in [0.5, 0.6) is 5.75 Å². The Hall–Kier alpha value is -2.32. The van der Waals surface area contributed by atoms with Crippen LogP contribution < -0.4 is 4.74 Å². The molecular weight excluding hydrogens is 384 g/mol. The first kappa shape index (κ1) is 18.5. The third kappa shape index (κ3) is 5.34. The third-order valence-electron chi connectivity index (χ3n) is 3.84. The maximum atomic E-state index is 5.97. The van der Waals surface area contributed by atoms with E-state index in [1.807, 2.05) is 12.1 Å². The lowest BCUT2D eigenvalue weighted by atomic mass is 10.0. The number of ether oxygens (including phenoxy) is 1. The molecule has 132 valence electrons. The lowest BCUT2D eigenvalue weighted by molar-refractivity contribution is 0.131. The van der Waals surface area contributed by atoms with Gasteiger partial charge in [-0.2, -0.15) is 0 Å². The maximum Gasteiger partial charge on any atom is 0.120 e.